The summed E-state index contributed by atoms with van der Waals surface area (Å²) in [6.07, 6.45) is 4.35. The molecule has 0 bridgehead atoms. The number of aromatic nitrogens is 2. The first-order valence-electron chi connectivity index (χ1n) is 7.61. The van der Waals surface area contributed by atoms with Crippen LogP contribution in [0.3, 0.4) is 0 Å². The summed E-state index contributed by atoms with van der Waals surface area (Å²) in [5, 5.41) is 7.20. The Hall–Kier alpha value is -2.28. The van der Waals surface area contributed by atoms with Gasteiger partial charge in [0.25, 0.3) is 0 Å². The zero-order chi connectivity index (χ0) is 16.4. The standard InChI is InChI=1S/C16H18F2N4O/c17-10-6-11(18)8-12(7-10)22-15-3-1-2-14(13(15)9-20-22)21-16(23)4-5-19/h6-9,14H,1-5,19H2,(H,21,23)/t14-/m1/s1. The molecule has 0 fully saturated rings. The number of nitrogens with one attached hydrogen (secondary N) is 1. The van der Waals surface area contributed by atoms with Crippen molar-refractivity contribution in [2.75, 3.05) is 6.54 Å². The smallest absolute Gasteiger partial charge is 0.221 e. The molecule has 1 aromatic heterocycles. The lowest BCUT2D eigenvalue weighted by Gasteiger charge is -2.24. The van der Waals surface area contributed by atoms with Crippen molar-refractivity contribution in [3.8, 4) is 5.69 Å². The molecule has 1 heterocycles. The molecule has 3 rings (SSSR count). The van der Waals surface area contributed by atoms with E-state index in [1.165, 1.54) is 12.1 Å². The summed E-state index contributed by atoms with van der Waals surface area (Å²) in [6.45, 7) is 0.299. The van der Waals surface area contributed by atoms with Crippen LogP contribution in [0, 0.1) is 11.6 Å². The van der Waals surface area contributed by atoms with Crippen molar-refractivity contribution in [2.24, 2.45) is 5.73 Å². The number of hydrogen-bond donors (Lipinski definition) is 2. The number of amides is 1. The van der Waals surface area contributed by atoms with Crippen molar-refractivity contribution in [2.45, 2.75) is 31.7 Å². The van der Waals surface area contributed by atoms with Crippen molar-refractivity contribution < 1.29 is 13.6 Å². The van der Waals surface area contributed by atoms with Gasteiger partial charge in [-0.05, 0) is 31.4 Å². The summed E-state index contributed by atoms with van der Waals surface area (Å²) in [5.74, 6) is -1.39. The Morgan fingerprint density at radius 3 is 2.78 bits per heavy atom. The highest BCUT2D eigenvalue weighted by molar-refractivity contribution is 5.76. The molecule has 1 aromatic carbocycles. The van der Waals surface area contributed by atoms with E-state index in [0.717, 1.165) is 36.6 Å². The monoisotopic (exact) mass is 320 g/mol. The van der Waals surface area contributed by atoms with E-state index in [1.54, 1.807) is 10.9 Å². The quantitative estimate of drug-likeness (QED) is 0.905. The summed E-state index contributed by atoms with van der Waals surface area (Å²) in [7, 11) is 0. The van der Waals surface area contributed by atoms with E-state index >= 15 is 0 Å². The predicted octanol–water partition coefficient (Wildman–Crippen LogP) is 1.99. The second kappa shape index (κ2) is 6.45. The molecule has 23 heavy (non-hydrogen) atoms. The van der Waals surface area contributed by atoms with Crippen molar-refractivity contribution in [1.29, 1.82) is 0 Å². The van der Waals surface area contributed by atoms with Crippen LogP contribution in [0.25, 0.3) is 5.69 Å². The normalized spacial score (nSPS) is 16.9. The second-order valence-corrected chi connectivity index (χ2v) is 5.64. The summed E-state index contributed by atoms with van der Waals surface area (Å²) >= 11 is 0. The number of nitrogens with two attached hydrogens (primary N) is 1. The third-order valence-corrected chi connectivity index (χ3v) is 3.98. The number of rotatable bonds is 4. The van der Waals surface area contributed by atoms with Gasteiger partial charge in [-0.2, -0.15) is 5.10 Å². The van der Waals surface area contributed by atoms with Gasteiger partial charge in [-0.3, -0.25) is 4.79 Å². The molecule has 1 atom stereocenters. The van der Waals surface area contributed by atoms with Gasteiger partial charge in [0.2, 0.25) is 5.91 Å². The van der Waals surface area contributed by atoms with Crippen LogP contribution >= 0.6 is 0 Å². The Balaban J connectivity index is 1.92. The first kappa shape index (κ1) is 15.6. The zero-order valence-corrected chi connectivity index (χ0v) is 12.6. The molecule has 1 amide bonds. The van der Waals surface area contributed by atoms with E-state index in [9.17, 15) is 13.6 Å². The first-order chi connectivity index (χ1) is 11.1. The maximum atomic E-state index is 13.4. The number of nitrogens with zero attached hydrogens (tertiary/aromatic N) is 2. The number of carbonyl (C=O) groups excluding carboxylic acids is 1. The van der Waals surface area contributed by atoms with Crippen LogP contribution in [0.1, 0.15) is 36.6 Å². The average Bonchev–Trinajstić information content (AvgIpc) is 2.91. The Bertz CT molecular complexity index is 709. The molecule has 0 saturated heterocycles. The number of benzene rings is 1. The lowest BCUT2D eigenvalue weighted by atomic mass is 9.92. The molecular weight excluding hydrogens is 302 g/mol. The molecule has 1 aliphatic carbocycles. The lowest BCUT2D eigenvalue weighted by molar-refractivity contribution is -0.121. The highest BCUT2D eigenvalue weighted by Crippen LogP contribution is 2.31. The molecule has 0 radical (unpaired) electrons. The van der Waals surface area contributed by atoms with Crippen LogP contribution in [0.15, 0.2) is 24.4 Å². The number of carbonyl (C=O) groups is 1. The van der Waals surface area contributed by atoms with E-state index in [1.807, 2.05) is 0 Å². The van der Waals surface area contributed by atoms with Gasteiger partial charge in [0, 0.05) is 30.3 Å². The Kier molecular flexibility index (Phi) is 4.38. The van der Waals surface area contributed by atoms with Crippen LogP contribution in [-0.4, -0.2) is 22.2 Å². The summed E-state index contributed by atoms with van der Waals surface area (Å²) < 4.78 is 28.4. The van der Waals surface area contributed by atoms with Gasteiger partial charge in [-0.15, -0.1) is 0 Å². The van der Waals surface area contributed by atoms with Crippen LogP contribution < -0.4 is 11.1 Å². The summed E-state index contributed by atoms with van der Waals surface area (Å²) in [4.78, 5) is 11.8. The Morgan fingerprint density at radius 1 is 1.35 bits per heavy atom. The Morgan fingerprint density at radius 2 is 2.09 bits per heavy atom. The van der Waals surface area contributed by atoms with E-state index in [-0.39, 0.29) is 18.4 Å². The van der Waals surface area contributed by atoms with Gasteiger partial charge >= 0.3 is 0 Å². The van der Waals surface area contributed by atoms with Crippen LogP contribution in [0.5, 0.6) is 0 Å². The number of halogens is 2. The molecule has 2 aromatic rings. The van der Waals surface area contributed by atoms with Crippen LogP contribution in [-0.2, 0) is 11.2 Å². The third-order valence-electron chi connectivity index (χ3n) is 3.98. The number of hydrogen-bond acceptors (Lipinski definition) is 3. The minimum absolute atomic E-state index is 0.102. The maximum Gasteiger partial charge on any atom is 0.221 e. The van der Waals surface area contributed by atoms with Gasteiger partial charge in [0.1, 0.15) is 11.6 Å². The maximum absolute atomic E-state index is 13.4. The average molecular weight is 320 g/mol. The summed E-state index contributed by atoms with van der Waals surface area (Å²) in [5.41, 5.74) is 7.50. The fraction of sp³-hybridized carbons (Fsp3) is 0.375. The molecular formula is C16H18F2N4O. The zero-order valence-electron chi connectivity index (χ0n) is 12.6. The second-order valence-electron chi connectivity index (χ2n) is 5.64. The fourth-order valence-electron chi connectivity index (χ4n) is 2.99. The molecule has 0 saturated carbocycles. The van der Waals surface area contributed by atoms with Crippen molar-refractivity contribution in [1.82, 2.24) is 15.1 Å². The molecule has 0 unspecified atom stereocenters. The lowest BCUT2D eigenvalue weighted by Crippen LogP contribution is -2.32. The van der Waals surface area contributed by atoms with Gasteiger partial charge in [-0.25, -0.2) is 13.5 Å². The van der Waals surface area contributed by atoms with Gasteiger partial charge in [0.05, 0.1) is 17.9 Å². The highest BCUT2D eigenvalue weighted by Gasteiger charge is 2.26. The SMILES string of the molecule is NCCC(=O)N[C@@H]1CCCc2c1cnn2-c1cc(F)cc(F)c1. The molecule has 122 valence electrons. The summed E-state index contributed by atoms with van der Waals surface area (Å²) in [6, 6.07) is 3.18. The topological polar surface area (TPSA) is 72.9 Å². The fourth-order valence-corrected chi connectivity index (χ4v) is 2.99. The van der Waals surface area contributed by atoms with Crippen molar-refractivity contribution >= 4 is 5.91 Å². The Labute approximate surface area is 132 Å². The minimum Gasteiger partial charge on any atom is -0.349 e. The molecule has 5 nitrogen and oxygen atoms in total. The highest BCUT2D eigenvalue weighted by atomic mass is 19.1. The van der Waals surface area contributed by atoms with E-state index in [4.69, 9.17) is 5.73 Å². The first-order valence-corrected chi connectivity index (χ1v) is 7.61. The molecule has 3 N–H and O–H groups in total. The van der Waals surface area contributed by atoms with Gasteiger partial charge in [0.15, 0.2) is 0 Å². The molecule has 7 heteroatoms. The van der Waals surface area contributed by atoms with E-state index in [0.29, 0.717) is 12.2 Å². The van der Waals surface area contributed by atoms with E-state index < -0.39 is 11.6 Å². The van der Waals surface area contributed by atoms with E-state index in [2.05, 4.69) is 10.4 Å². The largest absolute Gasteiger partial charge is 0.349 e. The predicted molar refractivity (Wildman–Crippen MR) is 81.0 cm³/mol. The molecule has 0 aliphatic heterocycles. The van der Waals surface area contributed by atoms with Crippen molar-refractivity contribution in [3.63, 3.8) is 0 Å². The van der Waals surface area contributed by atoms with Crippen molar-refractivity contribution in [3.05, 3.63) is 47.3 Å². The van der Waals surface area contributed by atoms with Crippen LogP contribution in [0.4, 0.5) is 8.78 Å². The van der Waals surface area contributed by atoms with Gasteiger partial charge in [-0.1, -0.05) is 0 Å². The van der Waals surface area contributed by atoms with Crippen LogP contribution in [0.2, 0.25) is 0 Å². The molecule has 0 spiro atoms. The third kappa shape index (κ3) is 3.24. The minimum atomic E-state index is -0.646. The number of fused-ring (bicyclic) bond motifs is 1. The van der Waals surface area contributed by atoms with Gasteiger partial charge < -0.3 is 11.1 Å². The molecule has 1 aliphatic rings.